The molecule has 1 atom stereocenters. The molecule has 2 fully saturated rings. The summed E-state index contributed by atoms with van der Waals surface area (Å²) in [5, 5.41) is 0. The van der Waals surface area contributed by atoms with E-state index in [4.69, 9.17) is 4.74 Å². The second-order valence-corrected chi connectivity index (χ2v) is 8.02. The van der Waals surface area contributed by atoms with Crippen molar-refractivity contribution in [3.8, 4) is 5.75 Å². The Morgan fingerprint density at radius 3 is 2.10 bits per heavy atom. The first-order valence-corrected chi connectivity index (χ1v) is 10.6. The fourth-order valence-corrected chi connectivity index (χ4v) is 4.23. The highest BCUT2D eigenvalue weighted by molar-refractivity contribution is 6.00. The summed E-state index contributed by atoms with van der Waals surface area (Å²) in [7, 11) is 1.60. The highest BCUT2D eigenvalue weighted by Gasteiger charge is 2.38. The van der Waals surface area contributed by atoms with Gasteiger partial charge in [-0.1, -0.05) is 0 Å². The Bertz CT molecular complexity index is 963. The van der Waals surface area contributed by atoms with Gasteiger partial charge in [0, 0.05) is 56.1 Å². The maximum atomic E-state index is 13.1. The smallest absolute Gasteiger partial charge is 0.228 e. The lowest BCUT2D eigenvalue weighted by Gasteiger charge is -2.37. The molecule has 7 heteroatoms. The quantitative estimate of drug-likeness (QED) is 0.694. The van der Waals surface area contributed by atoms with Crippen LogP contribution in [0.5, 0.6) is 5.75 Å². The van der Waals surface area contributed by atoms with Gasteiger partial charge in [0.15, 0.2) is 5.78 Å². The van der Waals surface area contributed by atoms with E-state index in [1.807, 2.05) is 53.4 Å². The molecule has 162 valence electrons. The third kappa shape index (κ3) is 4.40. The monoisotopic (exact) mass is 421 g/mol. The molecule has 2 aromatic rings. The molecule has 2 aliphatic rings. The third-order valence-electron chi connectivity index (χ3n) is 6.09. The topological polar surface area (TPSA) is 70.2 Å². The zero-order valence-electron chi connectivity index (χ0n) is 17.9. The van der Waals surface area contributed by atoms with Crippen LogP contribution in [0.2, 0.25) is 0 Å². The Balaban J connectivity index is 1.34. The van der Waals surface area contributed by atoms with Gasteiger partial charge in [0.05, 0.1) is 13.0 Å². The minimum atomic E-state index is -0.309. The van der Waals surface area contributed by atoms with Gasteiger partial charge in [-0.25, -0.2) is 0 Å². The lowest BCUT2D eigenvalue weighted by atomic mass is 10.1. The normalized spacial score (nSPS) is 19.0. The van der Waals surface area contributed by atoms with E-state index in [9.17, 15) is 14.4 Å². The highest BCUT2D eigenvalue weighted by Crippen LogP contribution is 2.28. The van der Waals surface area contributed by atoms with Crippen LogP contribution in [0.4, 0.5) is 11.4 Å². The van der Waals surface area contributed by atoms with Crippen LogP contribution in [0, 0.1) is 5.92 Å². The van der Waals surface area contributed by atoms with E-state index in [1.165, 1.54) is 0 Å². The van der Waals surface area contributed by atoms with Gasteiger partial charge in [0.25, 0.3) is 0 Å². The van der Waals surface area contributed by atoms with Crippen molar-refractivity contribution in [1.82, 2.24) is 4.90 Å². The fraction of sp³-hybridized carbons (Fsp3) is 0.375. The molecule has 0 N–H and O–H groups in total. The van der Waals surface area contributed by atoms with Gasteiger partial charge >= 0.3 is 0 Å². The molecule has 7 nitrogen and oxygen atoms in total. The molecule has 2 heterocycles. The number of Topliss-reactive ketones (excluding diaryl/α,β-unsaturated/α-hetero) is 1. The van der Waals surface area contributed by atoms with E-state index in [2.05, 4.69) is 4.90 Å². The van der Waals surface area contributed by atoms with Crippen LogP contribution < -0.4 is 14.5 Å². The Kier molecular flexibility index (Phi) is 5.93. The molecular weight excluding hydrogens is 394 g/mol. The van der Waals surface area contributed by atoms with Crippen LogP contribution in [-0.4, -0.2) is 62.3 Å². The van der Waals surface area contributed by atoms with Crippen LogP contribution in [0.25, 0.3) is 0 Å². The van der Waals surface area contributed by atoms with E-state index in [-0.39, 0.29) is 29.9 Å². The largest absolute Gasteiger partial charge is 0.497 e. The predicted molar refractivity (Wildman–Crippen MR) is 119 cm³/mol. The van der Waals surface area contributed by atoms with Crippen molar-refractivity contribution in [2.75, 3.05) is 49.6 Å². The molecule has 2 saturated heterocycles. The molecule has 0 unspecified atom stereocenters. The standard InChI is InChI=1S/C24H27N3O4/c1-17(28)18-3-5-20(6-4-18)25-11-13-26(14-12-25)24(30)19-15-23(29)27(16-19)21-7-9-22(31-2)10-8-21/h3-10,19H,11-16H2,1-2H3/t19-/m1/s1. The van der Waals surface area contributed by atoms with E-state index in [0.29, 0.717) is 25.2 Å². The molecule has 2 aliphatic heterocycles. The summed E-state index contributed by atoms with van der Waals surface area (Å²) in [5.41, 5.74) is 2.55. The van der Waals surface area contributed by atoms with Gasteiger partial charge in [-0.3, -0.25) is 14.4 Å². The molecule has 31 heavy (non-hydrogen) atoms. The number of ether oxygens (including phenoxy) is 1. The van der Waals surface area contributed by atoms with Gasteiger partial charge in [-0.2, -0.15) is 0 Å². The molecule has 2 aromatic carbocycles. The summed E-state index contributed by atoms with van der Waals surface area (Å²) in [4.78, 5) is 42.8. The van der Waals surface area contributed by atoms with Crippen molar-refractivity contribution in [3.63, 3.8) is 0 Å². The molecule has 0 saturated carbocycles. The third-order valence-corrected chi connectivity index (χ3v) is 6.09. The second-order valence-electron chi connectivity index (χ2n) is 8.02. The predicted octanol–water partition coefficient (Wildman–Crippen LogP) is 2.60. The van der Waals surface area contributed by atoms with Crippen LogP contribution in [0.3, 0.4) is 0 Å². The first-order chi connectivity index (χ1) is 15.0. The van der Waals surface area contributed by atoms with Crippen LogP contribution in [0.1, 0.15) is 23.7 Å². The molecule has 4 rings (SSSR count). The summed E-state index contributed by atoms with van der Waals surface area (Å²) < 4.78 is 5.17. The molecule has 0 bridgehead atoms. The summed E-state index contributed by atoms with van der Waals surface area (Å²) in [6.07, 6.45) is 0.248. The average molecular weight is 421 g/mol. The highest BCUT2D eigenvalue weighted by atomic mass is 16.5. The summed E-state index contributed by atoms with van der Waals surface area (Å²) in [5.74, 6) is 0.508. The van der Waals surface area contributed by atoms with Crippen molar-refractivity contribution >= 4 is 29.0 Å². The molecule has 0 aromatic heterocycles. The minimum absolute atomic E-state index is 0.0206. The molecule has 2 amide bonds. The zero-order valence-corrected chi connectivity index (χ0v) is 17.9. The van der Waals surface area contributed by atoms with E-state index >= 15 is 0 Å². The summed E-state index contributed by atoms with van der Waals surface area (Å²) >= 11 is 0. The number of carbonyl (C=O) groups excluding carboxylic acids is 3. The number of nitrogens with zero attached hydrogens (tertiary/aromatic N) is 3. The average Bonchev–Trinajstić information content (AvgIpc) is 3.20. The second kappa shape index (κ2) is 8.79. The minimum Gasteiger partial charge on any atom is -0.497 e. The van der Waals surface area contributed by atoms with Crippen molar-refractivity contribution < 1.29 is 19.1 Å². The maximum absolute atomic E-state index is 13.1. The lowest BCUT2D eigenvalue weighted by molar-refractivity contribution is -0.136. The maximum Gasteiger partial charge on any atom is 0.228 e. The number of carbonyl (C=O) groups is 3. The molecule has 0 spiro atoms. The number of methoxy groups -OCH3 is 1. The lowest BCUT2D eigenvalue weighted by Crippen LogP contribution is -2.50. The van der Waals surface area contributed by atoms with Crippen LogP contribution in [-0.2, 0) is 9.59 Å². The SMILES string of the molecule is COc1ccc(N2C[C@H](C(=O)N3CCN(c4ccc(C(C)=O)cc4)CC3)CC2=O)cc1. The van der Waals surface area contributed by atoms with Gasteiger partial charge in [0.2, 0.25) is 11.8 Å². The molecule has 0 aliphatic carbocycles. The number of ketones is 1. The summed E-state index contributed by atoms with van der Waals surface area (Å²) in [6.45, 7) is 4.68. The number of amides is 2. The van der Waals surface area contributed by atoms with Crippen molar-refractivity contribution in [3.05, 3.63) is 54.1 Å². The Hall–Kier alpha value is -3.35. The zero-order chi connectivity index (χ0) is 22.0. The van der Waals surface area contributed by atoms with Gasteiger partial charge in [0.1, 0.15) is 5.75 Å². The summed E-state index contributed by atoms with van der Waals surface area (Å²) in [6, 6.07) is 14.9. The van der Waals surface area contributed by atoms with Gasteiger partial charge < -0.3 is 19.4 Å². The number of anilines is 2. The van der Waals surface area contributed by atoms with Crippen molar-refractivity contribution in [2.45, 2.75) is 13.3 Å². The number of rotatable bonds is 5. The Morgan fingerprint density at radius 1 is 0.903 bits per heavy atom. The van der Waals surface area contributed by atoms with E-state index < -0.39 is 0 Å². The van der Waals surface area contributed by atoms with E-state index in [1.54, 1.807) is 18.9 Å². The van der Waals surface area contributed by atoms with Gasteiger partial charge in [-0.15, -0.1) is 0 Å². The molecule has 0 radical (unpaired) electrons. The first kappa shape index (κ1) is 20.9. The number of piperazine rings is 1. The van der Waals surface area contributed by atoms with Gasteiger partial charge in [-0.05, 0) is 55.5 Å². The fourth-order valence-electron chi connectivity index (χ4n) is 4.23. The van der Waals surface area contributed by atoms with Crippen LogP contribution >= 0.6 is 0 Å². The Morgan fingerprint density at radius 2 is 1.52 bits per heavy atom. The Labute approximate surface area is 182 Å². The number of hydrogen-bond donors (Lipinski definition) is 0. The number of hydrogen-bond acceptors (Lipinski definition) is 5. The van der Waals surface area contributed by atoms with Crippen LogP contribution in [0.15, 0.2) is 48.5 Å². The van der Waals surface area contributed by atoms with E-state index in [0.717, 1.165) is 30.2 Å². The van der Waals surface area contributed by atoms with Crippen molar-refractivity contribution in [2.24, 2.45) is 5.92 Å². The molecular formula is C24H27N3O4. The van der Waals surface area contributed by atoms with Crippen molar-refractivity contribution in [1.29, 1.82) is 0 Å². The first-order valence-electron chi connectivity index (χ1n) is 10.6. The number of benzene rings is 2.